The van der Waals surface area contributed by atoms with Gasteiger partial charge in [0.15, 0.2) is 0 Å². The summed E-state index contributed by atoms with van der Waals surface area (Å²) in [7, 11) is 0. The third-order valence-electron chi connectivity index (χ3n) is 5.06. The van der Waals surface area contributed by atoms with Gasteiger partial charge in [-0.05, 0) is 50.4 Å². The van der Waals surface area contributed by atoms with Crippen LogP contribution in [-0.2, 0) is 13.1 Å². The van der Waals surface area contributed by atoms with Crippen LogP contribution in [-0.4, -0.2) is 37.2 Å². The molecule has 1 unspecified atom stereocenters. The lowest BCUT2D eigenvalue weighted by Crippen LogP contribution is -2.31. The number of aryl methyl sites for hydroxylation is 3. The van der Waals surface area contributed by atoms with Crippen LogP contribution in [0.25, 0.3) is 5.69 Å². The van der Waals surface area contributed by atoms with Crippen LogP contribution in [0.5, 0.6) is 0 Å². The quantitative estimate of drug-likeness (QED) is 0.725. The summed E-state index contributed by atoms with van der Waals surface area (Å²) in [5.74, 6) is 1.13. The first-order valence-electron chi connectivity index (χ1n) is 9.67. The van der Waals surface area contributed by atoms with E-state index in [0.717, 1.165) is 56.0 Å². The molecule has 142 valence electrons. The average molecular weight is 366 g/mol. The first-order valence-corrected chi connectivity index (χ1v) is 9.67. The summed E-state index contributed by atoms with van der Waals surface area (Å²) in [5, 5.41) is 12.5. The Bertz CT molecular complexity index is 933. The molecule has 0 saturated carbocycles. The molecule has 7 heteroatoms. The van der Waals surface area contributed by atoms with Gasteiger partial charge in [-0.2, -0.15) is 10.2 Å². The third kappa shape index (κ3) is 3.88. The lowest BCUT2D eigenvalue weighted by atomic mass is 9.99. The molecule has 0 bridgehead atoms. The second-order valence-corrected chi connectivity index (χ2v) is 7.21. The fourth-order valence-corrected chi connectivity index (χ4v) is 3.70. The van der Waals surface area contributed by atoms with Gasteiger partial charge in [0.25, 0.3) is 0 Å². The molecule has 0 spiro atoms. The van der Waals surface area contributed by atoms with E-state index in [2.05, 4.69) is 10.4 Å². The van der Waals surface area contributed by atoms with Gasteiger partial charge in [-0.25, -0.2) is 14.0 Å². The number of piperidine rings is 1. The van der Waals surface area contributed by atoms with Gasteiger partial charge >= 0.3 is 5.69 Å². The summed E-state index contributed by atoms with van der Waals surface area (Å²) in [6.07, 6.45) is 6.85. The number of nitrogens with zero attached hydrogens (tertiary/aromatic N) is 5. The third-order valence-corrected chi connectivity index (χ3v) is 5.06. The van der Waals surface area contributed by atoms with Gasteiger partial charge in [0.1, 0.15) is 5.82 Å². The molecule has 0 radical (unpaired) electrons. The van der Waals surface area contributed by atoms with E-state index < -0.39 is 0 Å². The van der Waals surface area contributed by atoms with E-state index >= 15 is 0 Å². The summed E-state index contributed by atoms with van der Waals surface area (Å²) in [6.45, 7) is 5.30. The maximum absolute atomic E-state index is 13.1. The molecule has 3 aromatic rings. The van der Waals surface area contributed by atoms with Gasteiger partial charge in [-0.3, -0.25) is 4.68 Å². The molecule has 7 nitrogen and oxygen atoms in total. The minimum absolute atomic E-state index is 0.0570. The number of aromatic nitrogens is 5. The van der Waals surface area contributed by atoms with Crippen LogP contribution in [0.4, 0.5) is 0 Å². The van der Waals surface area contributed by atoms with Gasteiger partial charge in [-0.15, -0.1) is 0 Å². The van der Waals surface area contributed by atoms with Gasteiger partial charge < -0.3 is 5.32 Å². The lowest BCUT2D eigenvalue weighted by molar-refractivity contribution is 0.436. The van der Waals surface area contributed by atoms with E-state index in [1.165, 1.54) is 0 Å². The highest BCUT2D eigenvalue weighted by atomic mass is 16.2. The maximum Gasteiger partial charge on any atom is 0.350 e. The van der Waals surface area contributed by atoms with E-state index in [1.807, 2.05) is 54.3 Å². The van der Waals surface area contributed by atoms with Crippen LogP contribution in [0.2, 0.25) is 0 Å². The summed E-state index contributed by atoms with van der Waals surface area (Å²) in [6, 6.07) is 9.83. The van der Waals surface area contributed by atoms with Gasteiger partial charge in [0.05, 0.1) is 11.9 Å². The summed E-state index contributed by atoms with van der Waals surface area (Å²) in [5.41, 5.74) is 1.98. The minimum Gasteiger partial charge on any atom is -0.316 e. The second kappa shape index (κ2) is 7.92. The van der Waals surface area contributed by atoms with Crippen molar-refractivity contribution in [1.29, 1.82) is 0 Å². The molecule has 1 fully saturated rings. The van der Waals surface area contributed by atoms with E-state index in [0.29, 0.717) is 6.54 Å². The zero-order chi connectivity index (χ0) is 18.6. The highest BCUT2D eigenvalue weighted by molar-refractivity contribution is 5.33. The normalized spacial score (nSPS) is 17.3. The summed E-state index contributed by atoms with van der Waals surface area (Å²) >= 11 is 0. The number of hydrogen-bond acceptors (Lipinski definition) is 4. The van der Waals surface area contributed by atoms with Crippen molar-refractivity contribution in [2.45, 2.75) is 45.2 Å². The number of hydrogen-bond donors (Lipinski definition) is 1. The molecular weight excluding hydrogens is 340 g/mol. The molecule has 1 N–H and O–H groups in total. The first kappa shape index (κ1) is 17.7. The van der Waals surface area contributed by atoms with Crippen molar-refractivity contribution in [2.75, 3.05) is 13.1 Å². The monoisotopic (exact) mass is 366 g/mol. The summed E-state index contributed by atoms with van der Waals surface area (Å²) in [4.78, 5) is 13.1. The van der Waals surface area contributed by atoms with Crippen molar-refractivity contribution in [2.24, 2.45) is 0 Å². The Morgan fingerprint density at radius 3 is 2.78 bits per heavy atom. The number of para-hydroxylation sites is 1. The molecule has 1 saturated heterocycles. The predicted molar refractivity (Wildman–Crippen MR) is 104 cm³/mol. The van der Waals surface area contributed by atoms with Crippen LogP contribution in [0, 0.1) is 6.92 Å². The van der Waals surface area contributed by atoms with Gasteiger partial charge in [-0.1, -0.05) is 18.2 Å². The molecule has 0 aliphatic carbocycles. The molecule has 0 amide bonds. The van der Waals surface area contributed by atoms with Crippen molar-refractivity contribution >= 4 is 0 Å². The Morgan fingerprint density at radius 2 is 2.07 bits per heavy atom. The lowest BCUT2D eigenvalue weighted by Gasteiger charge is -2.22. The molecule has 1 aliphatic rings. The predicted octanol–water partition coefficient (Wildman–Crippen LogP) is 2.10. The molecule has 1 atom stereocenters. The Kier molecular flexibility index (Phi) is 5.20. The number of nitrogens with one attached hydrogen (secondary N) is 1. The standard InChI is InChI=1S/C20H26N6O/c1-16-13-22-24(15-16)11-6-12-25-20(27)26(18-8-3-2-4-9-18)19(23-25)17-7-5-10-21-14-17/h2-4,8-9,13,15,17,21H,5-7,10-12,14H2,1H3. The van der Waals surface area contributed by atoms with Crippen molar-refractivity contribution in [3.8, 4) is 5.69 Å². The Hall–Kier alpha value is -2.67. The van der Waals surface area contributed by atoms with Crippen LogP contribution >= 0.6 is 0 Å². The second-order valence-electron chi connectivity index (χ2n) is 7.21. The van der Waals surface area contributed by atoms with Crippen molar-refractivity contribution in [1.82, 2.24) is 29.4 Å². The zero-order valence-corrected chi connectivity index (χ0v) is 15.7. The smallest absolute Gasteiger partial charge is 0.316 e. The van der Waals surface area contributed by atoms with Crippen molar-refractivity contribution in [3.63, 3.8) is 0 Å². The first-order chi connectivity index (χ1) is 13.2. The van der Waals surface area contributed by atoms with Crippen LogP contribution in [0.3, 0.4) is 0 Å². The van der Waals surface area contributed by atoms with Crippen molar-refractivity contribution in [3.05, 3.63) is 64.6 Å². The van der Waals surface area contributed by atoms with Crippen LogP contribution < -0.4 is 11.0 Å². The van der Waals surface area contributed by atoms with E-state index in [4.69, 9.17) is 5.10 Å². The largest absolute Gasteiger partial charge is 0.350 e. The molecule has 2 aromatic heterocycles. The number of rotatable bonds is 6. The SMILES string of the molecule is Cc1cnn(CCCn2nc(C3CCCNC3)n(-c3ccccc3)c2=O)c1. The topological polar surface area (TPSA) is 69.7 Å². The highest BCUT2D eigenvalue weighted by Crippen LogP contribution is 2.22. The van der Waals surface area contributed by atoms with Crippen LogP contribution in [0.1, 0.15) is 36.6 Å². The van der Waals surface area contributed by atoms with E-state index in [1.54, 1.807) is 9.25 Å². The Balaban J connectivity index is 1.60. The fraction of sp³-hybridized carbons (Fsp3) is 0.450. The Labute approximate surface area is 158 Å². The fourth-order valence-electron chi connectivity index (χ4n) is 3.70. The van der Waals surface area contributed by atoms with Gasteiger partial charge in [0, 0.05) is 31.7 Å². The minimum atomic E-state index is -0.0570. The molecule has 4 rings (SSSR count). The van der Waals surface area contributed by atoms with E-state index in [-0.39, 0.29) is 11.6 Å². The summed E-state index contributed by atoms with van der Waals surface area (Å²) < 4.78 is 5.32. The zero-order valence-electron chi connectivity index (χ0n) is 15.7. The van der Waals surface area contributed by atoms with Crippen LogP contribution in [0.15, 0.2) is 47.5 Å². The van der Waals surface area contributed by atoms with Crippen molar-refractivity contribution < 1.29 is 0 Å². The van der Waals surface area contributed by atoms with Gasteiger partial charge in [0.2, 0.25) is 0 Å². The molecular formula is C20H26N6O. The molecule has 1 aliphatic heterocycles. The number of benzene rings is 1. The molecule has 3 heterocycles. The highest BCUT2D eigenvalue weighted by Gasteiger charge is 2.24. The molecule has 1 aromatic carbocycles. The Morgan fingerprint density at radius 1 is 1.22 bits per heavy atom. The average Bonchev–Trinajstić information content (AvgIpc) is 3.26. The molecule has 27 heavy (non-hydrogen) atoms. The maximum atomic E-state index is 13.1. The van der Waals surface area contributed by atoms with E-state index in [9.17, 15) is 4.79 Å².